The average Bonchev–Trinajstić information content (AvgIpc) is 2.58. The zero-order chi connectivity index (χ0) is 15.5. The van der Waals surface area contributed by atoms with E-state index in [-0.39, 0.29) is 0 Å². The average molecular weight is 296 g/mol. The Balaban J connectivity index is 1.77. The second-order valence-electron chi connectivity index (χ2n) is 6.71. The molecule has 0 aromatic heterocycles. The molecule has 21 heavy (non-hydrogen) atoms. The maximum Gasteiger partial charge on any atom is 0.494 e. The molecule has 1 aromatic carbocycles. The van der Waals surface area contributed by atoms with Crippen molar-refractivity contribution in [1.82, 2.24) is 0 Å². The lowest BCUT2D eigenvalue weighted by Gasteiger charge is -2.36. The van der Waals surface area contributed by atoms with Crippen molar-refractivity contribution in [3.63, 3.8) is 0 Å². The lowest BCUT2D eigenvalue weighted by molar-refractivity contribution is -0.268. The van der Waals surface area contributed by atoms with Gasteiger partial charge in [-0.25, -0.2) is 8.78 Å². The van der Waals surface area contributed by atoms with Crippen molar-refractivity contribution in [2.75, 3.05) is 6.61 Å². The third kappa shape index (κ3) is 2.39. The maximum absolute atomic E-state index is 13.3. The molecule has 3 rings (SSSR count). The first-order valence-electron chi connectivity index (χ1n) is 7.07. The topological polar surface area (TPSA) is 27.7 Å². The van der Waals surface area contributed by atoms with Gasteiger partial charge in [0.2, 0.25) is 0 Å². The fourth-order valence-corrected chi connectivity index (χ4v) is 2.44. The van der Waals surface area contributed by atoms with Crippen molar-refractivity contribution >= 4 is 12.6 Å². The van der Waals surface area contributed by atoms with E-state index in [0.29, 0.717) is 5.56 Å². The predicted octanol–water partition coefficient (Wildman–Crippen LogP) is 2.69. The molecule has 0 radical (unpaired) electrons. The lowest BCUT2D eigenvalue weighted by Crippen LogP contribution is -2.44. The van der Waals surface area contributed by atoms with Crippen LogP contribution in [0.1, 0.15) is 39.4 Å². The third-order valence-electron chi connectivity index (χ3n) is 4.59. The van der Waals surface area contributed by atoms with E-state index in [0.717, 1.165) is 5.46 Å². The van der Waals surface area contributed by atoms with Crippen LogP contribution in [0.5, 0.6) is 0 Å². The quantitative estimate of drug-likeness (QED) is 0.785. The first kappa shape index (κ1) is 14.9. The number of hydrogen-bond donors (Lipinski definition) is 0. The summed E-state index contributed by atoms with van der Waals surface area (Å²) < 4.78 is 43.4. The van der Waals surface area contributed by atoms with Gasteiger partial charge in [-0.3, -0.25) is 0 Å². The molecule has 1 unspecified atom stereocenters. The second-order valence-corrected chi connectivity index (χ2v) is 6.71. The van der Waals surface area contributed by atoms with Gasteiger partial charge in [-0.1, -0.05) is 24.3 Å². The molecule has 0 amide bonds. The SMILES string of the molecule is CC1(C)OB(c2ccc(C3OCC3(F)F)cc2)OC1(C)C. The molecule has 0 spiro atoms. The molecule has 2 heterocycles. The molecule has 2 aliphatic rings. The molecule has 2 aliphatic heterocycles. The monoisotopic (exact) mass is 296 g/mol. The Morgan fingerprint density at radius 3 is 1.90 bits per heavy atom. The summed E-state index contributed by atoms with van der Waals surface area (Å²) in [4.78, 5) is 0. The minimum Gasteiger partial charge on any atom is -0.399 e. The van der Waals surface area contributed by atoms with E-state index < -0.39 is 37.0 Å². The molecule has 3 nitrogen and oxygen atoms in total. The van der Waals surface area contributed by atoms with Crippen LogP contribution in [-0.4, -0.2) is 30.8 Å². The second kappa shape index (κ2) is 4.51. The minimum absolute atomic E-state index is 0.416. The van der Waals surface area contributed by atoms with Gasteiger partial charge in [-0.2, -0.15) is 0 Å². The van der Waals surface area contributed by atoms with Crippen molar-refractivity contribution in [3.05, 3.63) is 29.8 Å². The van der Waals surface area contributed by atoms with Gasteiger partial charge in [0.05, 0.1) is 11.2 Å². The highest BCUT2D eigenvalue weighted by Gasteiger charge is 2.53. The zero-order valence-electron chi connectivity index (χ0n) is 12.7. The number of alkyl halides is 2. The zero-order valence-corrected chi connectivity index (χ0v) is 12.7. The van der Waals surface area contributed by atoms with Gasteiger partial charge < -0.3 is 14.0 Å². The third-order valence-corrected chi connectivity index (χ3v) is 4.59. The van der Waals surface area contributed by atoms with E-state index in [4.69, 9.17) is 14.0 Å². The van der Waals surface area contributed by atoms with Crippen molar-refractivity contribution < 1.29 is 22.8 Å². The Bertz CT molecular complexity index is 526. The van der Waals surface area contributed by atoms with Crippen LogP contribution in [-0.2, 0) is 14.0 Å². The van der Waals surface area contributed by atoms with Gasteiger partial charge in [-0.15, -0.1) is 0 Å². The Labute approximate surface area is 123 Å². The highest BCUT2D eigenvalue weighted by Crippen LogP contribution is 2.43. The van der Waals surface area contributed by atoms with Crippen LogP contribution in [0.4, 0.5) is 8.78 Å². The number of rotatable bonds is 2. The fraction of sp³-hybridized carbons (Fsp3) is 0.600. The normalized spacial score (nSPS) is 29.2. The van der Waals surface area contributed by atoms with Gasteiger partial charge in [0, 0.05) is 0 Å². The molecule has 0 saturated carbocycles. The largest absolute Gasteiger partial charge is 0.494 e. The van der Waals surface area contributed by atoms with Crippen LogP contribution in [0.3, 0.4) is 0 Å². The van der Waals surface area contributed by atoms with Gasteiger partial charge in [0.1, 0.15) is 12.7 Å². The molecular weight excluding hydrogens is 277 g/mol. The fourth-order valence-electron chi connectivity index (χ4n) is 2.44. The highest BCUT2D eigenvalue weighted by molar-refractivity contribution is 6.62. The summed E-state index contributed by atoms with van der Waals surface area (Å²) in [5.74, 6) is -2.77. The van der Waals surface area contributed by atoms with Crippen LogP contribution >= 0.6 is 0 Å². The predicted molar refractivity (Wildman–Crippen MR) is 75.8 cm³/mol. The first-order valence-corrected chi connectivity index (χ1v) is 7.07. The molecule has 114 valence electrons. The van der Waals surface area contributed by atoms with Crippen molar-refractivity contribution in [3.8, 4) is 0 Å². The molecule has 2 saturated heterocycles. The lowest BCUT2D eigenvalue weighted by atomic mass is 9.78. The highest BCUT2D eigenvalue weighted by atomic mass is 19.3. The standard InChI is InChI=1S/C15H19BF2O3/c1-13(2)14(3,4)21-16(20-13)11-7-5-10(6-8-11)12-15(17,18)9-19-12/h5-8,12H,9H2,1-4H3. The summed E-state index contributed by atoms with van der Waals surface area (Å²) in [6.07, 6.45) is -1.13. The summed E-state index contributed by atoms with van der Waals surface area (Å²) in [7, 11) is -0.480. The van der Waals surface area contributed by atoms with E-state index in [1.165, 1.54) is 0 Å². The molecule has 6 heteroatoms. The van der Waals surface area contributed by atoms with Gasteiger partial charge in [0.25, 0.3) is 0 Å². The van der Waals surface area contributed by atoms with E-state index in [1.54, 1.807) is 24.3 Å². The van der Waals surface area contributed by atoms with Gasteiger partial charge >= 0.3 is 13.0 Å². The molecule has 2 fully saturated rings. The molecule has 1 atom stereocenters. The number of benzene rings is 1. The summed E-state index contributed by atoms with van der Waals surface area (Å²) in [5, 5.41) is 0. The Morgan fingerprint density at radius 2 is 1.52 bits per heavy atom. The number of halogens is 2. The van der Waals surface area contributed by atoms with Crippen LogP contribution in [0.15, 0.2) is 24.3 Å². The van der Waals surface area contributed by atoms with Crippen LogP contribution in [0, 0.1) is 0 Å². The smallest absolute Gasteiger partial charge is 0.399 e. The first-order chi connectivity index (χ1) is 9.62. The minimum atomic E-state index is -2.77. The summed E-state index contributed by atoms with van der Waals surface area (Å²) in [6, 6.07) is 6.82. The molecule has 1 aromatic rings. The molecule has 0 bridgehead atoms. The van der Waals surface area contributed by atoms with E-state index >= 15 is 0 Å². The van der Waals surface area contributed by atoms with E-state index in [2.05, 4.69) is 0 Å². The van der Waals surface area contributed by atoms with Crippen molar-refractivity contribution in [2.24, 2.45) is 0 Å². The van der Waals surface area contributed by atoms with Gasteiger partial charge in [-0.05, 0) is 38.7 Å². The van der Waals surface area contributed by atoms with Crippen LogP contribution in [0.2, 0.25) is 0 Å². The van der Waals surface area contributed by atoms with Crippen LogP contribution < -0.4 is 5.46 Å². The Kier molecular flexibility index (Phi) is 3.21. The van der Waals surface area contributed by atoms with Crippen LogP contribution in [0.25, 0.3) is 0 Å². The van der Waals surface area contributed by atoms with E-state index in [1.807, 2.05) is 27.7 Å². The summed E-state index contributed by atoms with van der Waals surface area (Å²) >= 11 is 0. The summed E-state index contributed by atoms with van der Waals surface area (Å²) in [6.45, 7) is 7.40. The Hall–Kier alpha value is -0.975. The van der Waals surface area contributed by atoms with Crippen molar-refractivity contribution in [2.45, 2.75) is 50.9 Å². The molecular formula is C15H19BF2O3. The molecule has 0 aliphatic carbocycles. The van der Waals surface area contributed by atoms with Gasteiger partial charge in [0.15, 0.2) is 0 Å². The number of hydrogen-bond acceptors (Lipinski definition) is 3. The maximum atomic E-state index is 13.3. The van der Waals surface area contributed by atoms with Crippen molar-refractivity contribution in [1.29, 1.82) is 0 Å². The molecule has 0 N–H and O–H groups in total. The number of ether oxygens (including phenoxy) is 1. The Morgan fingerprint density at radius 1 is 1.00 bits per heavy atom. The summed E-state index contributed by atoms with van der Waals surface area (Å²) in [5.41, 5.74) is 0.465. The van der Waals surface area contributed by atoms with E-state index in [9.17, 15) is 8.78 Å².